The Kier molecular flexibility index (Phi) is 3.98. The van der Waals surface area contributed by atoms with Crippen LogP contribution in [-0.2, 0) is 0 Å². The first-order chi connectivity index (χ1) is 8.81. The Labute approximate surface area is 104 Å². The van der Waals surface area contributed by atoms with Gasteiger partial charge >= 0.3 is 18.5 Å². The van der Waals surface area contributed by atoms with Crippen LogP contribution in [0, 0.1) is 0 Å². The number of anilines is 1. The van der Waals surface area contributed by atoms with Crippen LogP contribution in [0.25, 0.3) is 0 Å². The highest BCUT2D eigenvalue weighted by Crippen LogP contribution is 2.42. The van der Waals surface area contributed by atoms with Gasteiger partial charge in [0.25, 0.3) is 0 Å². The molecular formula is C9H7NO9. The van der Waals surface area contributed by atoms with Gasteiger partial charge in [0.05, 0.1) is 5.69 Å². The number of carbonyl (C=O) groups is 3. The van der Waals surface area contributed by atoms with Gasteiger partial charge in [-0.15, -0.1) is 0 Å². The quantitative estimate of drug-likeness (QED) is 0.359. The van der Waals surface area contributed by atoms with Crippen LogP contribution in [0.2, 0.25) is 0 Å². The number of hydrogen-bond donors (Lipinski definition) is 4. The van der Waals surface area contributed by atoms with Crippen LogP contribution >= 0.6 is 0 Å². The Morgan fingerprint density at radius 3 is 1.79 bits per heavy atom. The molecule has 0 spiro atoms. The second kappa shape index (κ2) is 5.44. The summed E-state index contributed by atoms with van der Waals surface area (Å²) in [5.41, 5.74) is 5.10. The van der Waals surface area contributed by atoms with Crippen molar-refractivity contribution in [2.45, 2.75) is 0 Å². The van der Waals surface area contributed by atoms with Crippen molar-refractivity contribution in [1.82, 2.24) is 0 Å². The smallest absolute Gasteiger partial charge is 0.449 e. The Morgan fingerprint density at radius 1 is 0.842 bits per heavy atom. The molecule has 0 amide bonds. The first-order valence-corrected chi connectivity index (χ1v) is 4.46. The molecule has 10 heteroatoms. The Balaban J connectivity index is 3.35. The maximum absolute atomic E-state index is 10.5. The topological polar surface area (TPSA) is 166 Å². The molecule has 5 N–H and O–H groups in total. The molecular weight excluding hydrogens is 266 g/mol. The van der Waals surface area contributed by atoms with Gasteiger partial charge in [-0.25, -0.2) is 14.4 Å². The fourth-order valence-electron chi connectivity index (χ4n) is 1.11. The lowest BCUT2D eigenvalue weighted by Gasteiger charge is -2.12. The third kappa shape index (κ3) is 3.66. The molecule has 10 nitrogen and oxygen atoms in total. The van der Waals surface area contributed by atoms with Crippen molar-refractivity contribution in [1.29, 1.82) is 0 Å². The molecule has 1 rings (SSSR count). The van der Waals surface area contributed by atoms with E-state index < -0.39 is 35.7 Å². The van der Waals surface area contributed by atoms with Gasteiger partial charge in [-0.05, 0) is 12.1 Å². The fourth-order valence-corrected chi connectivity index (χ4v) is 1.11. The van der Waals surface area contributed by atoms with Crippen molar-refractivity contribution in [3.63, 3.8) is 0 Å². The minimum Gasteiger partial charge on any atom is -0.449 e. The summed E-state index contributed by atoms with van der Waals surface area (Å²) < 4.78 is 12.7. The van der Waals surface area contributed by atoms with Crippen molar-refractivity contribution in [3.05, 3.63) is 12.1 Å². The van der Waals surface area contributed by atoms with E-state index in [4.69, 9.17) is 21.1 Å². The lowest BCUT2D eigenvalue weighted by Crippen LogP contribution is -2.12. The number of nitrogens with two attached hydrogens (primary N) is 1. The van der Waals surface area contributed by atoms with Crippen molar-refractivity contribution >= 4 is 24.2 Å². The van der Waals surface area contributed by atoms with E-state index in [1.807, 2.05) is 0 Å². The second-order valence-electron chi connectivity index (χ2n) is 2.92. The summed E-state index contributed by atoms with van der Waals surface area (Å²) in [6, 6.07) is 2.04. The molecule has 0 unspecified atom stereocenters. The van der Waals surface area contributed by atoms with E-state index in [0.717, 1.165) is 12.1 Å². The normalized spacial score (nSPS) is 9.47. The zero-order chi connectivity index (χ0) is 14.6. The van der Waals surface area contributed by atoms with Gasteiger partial charge in [0, 0.05) is 0 Å². The average Bonchev–Trinajstić information content (AvgIpc) is 2.25. The van der Waals surface area contributed by atoms with Crippen LogP contribution < -0.4 is 19.9 Å². The van der Waals surface area contributed by atoms with E-state index in [9.17, 15) is 14.4 Å². The fraction of sp³-hybridized carbons (Fsp3) is 0. The third-order valence-corrected chi connectivity index (χ3v) is 1.68. The third-order valence-electron chi connectivity index (χ3n) is 1.68. The standard InChI is InChI=1S/C9H7NO9/c10-3-1-2-4(17-7(11)12)6(19-9(15)16)5(3)18-8(13)14/h1-2H,10H2,(H,11,12)(H,13,14)(H,15,16). The van der Waals surface area contributed by atoms with Crippen molar-refractivity contribution in [2.24, 2.45) is 0 Å². The molecule has 0 radical (unpaired) electrons. The van der Waals surface area contributed by atoms with Crippen LogP contribution in [0.5, 0.6) is 17.2 Å². The van der Waals surface area contributed by atoms with Gasteiger partial charge < -0.3 is 35.3 Å². The average molecular weight is 273 g/mol. The first-order valence-electron chi connectivity index (χ1n) is 4.46. The van der Waals surface area contributed by atoms with Gasteiger partial charge in [0.2, 0.25) is 11.5 Å². The molecule has 0 atom stereocenters. The zero-order valence-electron chi connectivity index (χ0n) is 9.02. The van der Waals surface area contributed by atoms with Gasteiger partial charge in [0.1, 0.15) is 0 Å². The molecule has 0 aliphatic heterocycles. The van der Waals surface area contributed by atoms with Crippen LogP contribution in [0.4, 0.5) is 20.1 Å². The second-order valence-corrected chi connectivity index (χ2v) is 2.92. The number of rotatable bonds is 3. The molecule has 0 heterocycles. The number of hydrogen-bond acceptors (Lipinski definition) is 7. The molecule has 0 aliphatic carbocycles. The lowest BCUT2D eigenvalue weighted by atomic mass is 10.2. The van der Waals surface area contributed by atoms with E-state index >= 15 is 0 Å². The SMILES string of the molecule is Nc1ccc(OC(=O)O)c(OC(=O)O)c1OC(=O)O. The van der Waals surface area contributed by atoms with E-state index in [1.54, 1.807) is 0 Å². The summed E-state index contributed by atoms with van der Waals surface area (Å²) in [6.07, 6.45) is -5.40. The van der Waals surface area contributed by atoms with Gasteiger partial charge in [-0.1, -0.05) is 0 Å². The van der Waals surface area contributed by atoms with Crippen LogP contribution in [0.15, 0.2) is 12.1 Å². The maximum atomic E-state index is 10.5. The molecule has 0 saturated heterocycles. The highest BCUT2D eigenvalue weighted by Gasteiger charge is 2.23. The first kappa shape index (κ1) is 13.9. The molecule has 0 fully saturated rings. The Morgan fingerprint density at radius 2 is 1.32 bits per heavy atom. The van der Waals surface area contributed by atoms with E-state index in [2.05, 4.69) is 14.2 Å². The number of benzene rings is 1. The minimum absolute atomic E-state index is 0.281. The summed E-state index contributed by atoms with van der Waals surface area (Å²) in [5, 5.41) is 25.4. The number of nitrogen functional groups attached to an aromatic ring is 1. The molecule has 1 aromatic rings. The van der Waals surface area contributed by atoms with E-state index in [-0.39, 0.29) is 5.69 Å². The molecule has 19 heavy (non-hydrogen) atoms. The molecule has 0 aromatic heterocycles. The van der Waals surface area contributed by atoms with Crippen molar-refractivity contribution < 1.29 is 43.9 Å². The van der Waals surface area contributed by atoms with Gasteiger partial charge in [-0.2, -0.15) is 0 Å². The molecule has 1 aromatic carbocycles. The predicted octanol–water partition coefficient (Wildman–Crippen LogP) is 1.44. The summed E-state index contributed by atoms with van der Waals surface area (Å²) in [4.78, 5) is 31.4. The summed E-state index contributed by atoms with van der Waals surface area (Å²) >= 11 is 0. The van der Waals surface area contributed by atoms with Crippen molar-refractivity contribution in [3.8, 4) is 17.2 Å². The highest BCUT2D eigenvalue weighted by molar-refractivity contribution is 5.77. The largest absolute Gasteiger partial charge is 0.511 e. The van der Waals surface area contributed by atoms with Crippen LogP contribution in [-0.4, -0.2) is 33.8 Å². The highest BCUT2D eigenvalue weighted by atomic mass is 16.7. The Hall–Kier alpha value is -3.17. The molecule has 0 aliphatic rings. The molecule has 0 bridgehead atoms. The predicted molar refractivity (Wildman–Crippen MR) is 56.8 cm³/mol. The van der Waals surface area contributed by atoms with Gasteiger partial charge in [-0.3, -0.25) is 0 Å². The van der Waals surface area contributed by atoms with E-state index in [1.165, 1.54) is 0 Å². The summed E-state index contributed by atoms with van der Waals surface area (Å²) in [7, 11) is 0. The summed E-state index contributed by atoms with van der Waals surface area (Å²) in [5.74, 6) is -2.05. The van der Waals surface area contributed by atoms with Crippen LogP contribution in [0.1, 0.15) is 0 Å². The minimum atomic E-state index is -1.84. The van der Waals surface area contributed by atoms with Crippen molar-refractivity contribution in [2.75, 3.05) is 5.73 Å². The van der Waals surface area contributed by atoms with E-state index in [0.29, 0.717) is 0 Å². The molecule has 102 valence electrons. The van der Waals surface area contributed by atoms with Gasteiger partial charge in [0.15, 0.2) is 5.75 Å². The zero-order valence-corrected chi connectivity index (χ0v) is 9.02. The number of carboxylic acid groups (broad SMARTS) is 3. The monoisotopic (exact) mass is 273 g/mol. The number of ether oxygens (including phenoxy) is 3. The molecule has 0 saturated carbocycles. The van der Waals surface area contributed by atoms with Crippen LogP contribution in [0.3, 0.4) is 0 Å². The lowest BCUT2D eigenvalue weighted by molar-refractivity contribution is 0.127. The maximum Gasteiger partial charge on any atom is 0.511 e. The summed E-state index contributed by atoms with van der Waals surface area (Å²) in [6.45, 7) is 0. The Bertz CT molecular complexity index is 539.